The normalized spacial score (nSPS) is 12.0. The van der Waals surface area contributed by atoms with Crippen molar-refractivity contribution in [2.45, 2.75) is 6.18 Å². The molecule has 0 amide bonds. The van der Waals surface area contributed by atoms with Crippen molar-refractivity contribution in [1.29, 1.82) is 0 Å². The summed E-state index contributed by atoms with van der Waals surface area (Å²) in [4.78, 5) is 10.3. The van der Waals surface area contributed by atoms with Crippen molar-refractivity contribution in [1.82, 2.24) is 0 Å². The van der Waals surface area contributed by atoms with Crippen LogP contribution in [-0.4, -0.2) is 5.97 Å². The molecule has 2 aromatic rings. The minimum Gasteiger partial charge on any atom is -0.545 e. The number of carboxylic acid groups (broad SMARTS) is 1. The summed E-state index contributed by atoms with van der Waals surface area (Å²) in [6.07, 6.45) is -2.62. The Balaban J connectivity index is 2.40. The molecule has 110 valence electrons. The van der Waals surface area contributed by atoms with Gasteiger partial charge in [-0.2, -0.15) is 13.2 Å². The molecule has 0 spiro atoms. The number of carboxylic acids is 1. The highest BCUT2D eigenvalue weighted by Gasteiger charge is 2.31. The van der Waals surface area contributed by atoms with Gasteiger partial charge in [0.2, 0.25) is 0 Å². The second-order valence-corrected chi connectivity index (χ2v) is 4.45. The summed E-state index contributed by atoms with van der Waals surface area (Å²) < 4.78 is 43.3. The summed E-state index contributed by atoms with van der Waals surface area (Å²) in [6.45, 7) is 0. The fourth-order valence-corrected chi connectivity index (χ4v) is 1.84. The van der Waals surface area contributed by atoms with Gasteiger partial charge in [-0.3, -0.25) is 0 Å². The first-order valence-electron chi connectivity index (χ1n) is 5.63. The van der Waals surface area contributed by atoms with Crippen LogP contribution in [0, 0.1) is 0 Å². The Morgan fingerprint density at radius 2 is 1.95 bits per heavy atom. The number of hydrogen-bond donors (Lipinski definition) is 0. The van der Waals surface area contributed by atoms with E-state index >= 15 is 0 Å². The molecule has 1 aromatic heterocycles. The van der Waals surface area contributed by atoms with Crippen molar-refractivity contribution in [3.63, 3.8) is 0 Å². The minimum absolute atomic E-state index is 0.0691. The van der Waals surface area contributed by atoms with Crippen molar-refractivity contribution in [3.8, 4) is 11.3 Å². The molecule has 0 unspecified atom stereocenters. The van der Waals surface area contributed by atoms with Gasteiger partial charge in [-0.25, -0.2) is 0 Å². The molecule has 0 N–H and O–H groups in total. The molecule has 0 aliphatic rings. The van der Waals surface area contributed by atoms with Gasteiger partial charge in [0, 0.05) is 5.56 Å². The number of halogens is 4. The summed E-state index contributed by atoms with van der Waals surface area (Å²) in [5, 5.41) is 10.4. The fraction of sp³-hybridized carbons (Fsp3) is 0.0714. The van der Waals surface area contributed by atoms with Crippen LogP contribution in [0.2, 0.25) is 5.02 Å². The molecule has 3 nitrogen and oxygen atoms in total. The topological polar surface area (TPSA) is 53.3 Å². The maximum atomic E-state index is 12.7. The van der Waals surface area contributed by atoms with E-state index < -0.39 is 17.7 Å². The lowest BCUT2D eigenvalue weighted by Gasteiger charge is -2.09. The zero-order valence-electron chi connectivity index (χ0n) is 10.3. The molecule has 21 heavy (non-hydrogen) atoms. The van der Waals surface area contributed by atoms with Crippen LogP contribution < -0.4 is 5.11 Å². The Morgan fingerprint density at radius 1 is 1.24 bits per heavy atom. The molecule has 0 atom stereocenters. The second-order valence-electron chi connectivity index (χ2n) is 4.05. The van der Waals surface area contributed by atoms with Crippen LogP contribution in [-0.2, 0) is 11.0 Å². The van der Waals surface area contributed by atoms with Crippen molar-refractivity contribution in [2.24, 2.45) is 0 Å². The van der Waals surface area contributed by atoms with Crippen molar-refractivity contribution in [3.05, 3.63) is 52.8 Å². The number of alkyl halides is 3. The first kappa shape index (κ1) is 15.2. The SMILES string of the molecule is O=C([O-])/C=C/c1ccc(-c2cc(C(F)(F)F)ccc2Cl)o1. The number of carbonyl (C=O) groups is 1. The molecular weight excluding hydrogens is 309 g/mol. The molecule has 0 fully saturated rings. The minimum atomic E-state index is -4.50. The van der Waals surface area contributed by atoms with E-state index in [0.717, 1.165) is 30.4 Å². The van der Waals surface area contributed by atoms with Gasteiger partial charge in [0.15, 0.2) is 0 Å². The monoisotopic (exact) mass is 315 g/mol. The zero-order valence-corrected chi connectivity index (χ0v) is 11.0. The van der Waals surface area contributed by atoms with Crippen LogP contribution in [0.5, 0.6) is 0 Å². The summed E-state index contributed by atoms with van der Waals surface area (Å²) in [7, 11) is 0. The molecule has 0 bridgehead atoms. The van der Waals surface area contributed by atoms with E-state index in [0.29, 0.717) is 0 Å². The van der Waals surface area contributed by atoms with E-state index in [9.17, 15) is 23.1 Å². The maximum Gasteiger partial charge on any atom is 0.416 e. The first-order valence-corrected chi connectivity index (χ1v) is 6.01. The van der Waals surface area contributed by atoms with Crippen LogP contribution in [0.15, 0.2) is 40.8 Å². The molecule has 0 radical (unpaired) electrons. The van der Waals surface area contributed by atoms with E-state index in [1.54, 1.807) is 0 Å². The molecule has 0 saturated carbocycles. The third kappa shape index (κ3) is 3.66. The standard InChI is InChI=1S/C14H8ClF3O3/c15-11-4-1-8(14(16,17)18)7-10(11)12-5-2-9(21-12)3-6-13(19)20/h1-7H,(H,19,20)/p-1/b6-3+. The lowest BCUT2D eigenvalue weighted by atomic mass is 10.1. The summed E-state index contributed by atoms with van der Waals surface area (Å²) in [5.41, 5.74) is -0.787. The number of furan rings is 1. The highest BCUT2D eigenvalue weighted by Crippen LogP contribution is 2.36. The summed E-state index contributed by atoms with van der Waals surface area (Å²) in [5.74, 6) is -1.16. The Bertz CT molecular complexity index is 702. The largest absolute Gasteiger partial charge is 0.545 e. The van der Waals surface area contributed by atoms with Crippen LogP contribution in [0.4, 0.5) is 13.2 Å². The molecule has 7 heteroatoms. The molecule has 1 aromatic carbocycles. The van der Waals surface area contributed by atoms with E-state index in [1.807, 2.05) is 0 Å². The molecule has 1 heterocycles. The van der Waals surface area contributed by atoms with Gasteiger partial charge in [0.1, 0.15) is 11.5 Å². The van der Waals surface area contributed by atoms with Crippen molar-refractivity contribution in [2.75, 3.05) is 0 Å². The summed E-state index contributed by atoms with van der Waals surface area (Å²) in [6, 6.07) is 5.67. The third-order valence-corrected chi connectivity index (χ3v) is 2.90. The number of aliphatic carboxylic acids is 1. The maximum absolute atomic E-state index is 12.7. The number of carbonyl (C=O) groups excluding carboxylic acids is 1. The summed E-state index contributed by atoms with van der Waals surface area (Å²) >= 11 is 5.87. The molecule has 0 aliphatic carbocycles. The van der Waals surface area contributed by atoms with Crippen LogP contribution in [0.1, 0.15) is 11.3 Å². The Kier molecular flexibility index (Phi) is 4.09. The Morgan fingerprint density at radius 3 is 2.57 bits per heavy atom. The first-order chi connectivity index (χ1) is 9.77. The molecule has 0 aliphatic heterocycles. The number of benzene rings is 1. The van der Waals surface area contributed by atoms with Gasteiger partial charge in [-0.1, -0.05) is 11.6 Å². The van der Waals surface area contributed by atoms with Gasteiger partial charge in [-0.15, -0.1) is 0 Å². The van der Waals surface area contributed by atoms with Crippen LogP contribution in [0.25, 0.3) is 17.4 Å². The molecule has 2 rings (SSSR count). The average Bonchev–Trinajstić information content (AvgIpc) is 2.84. The third-order valence-electron chi connectivity index (χ3n) is 2.57. The van der Waals surface area contributed by atoms with Crippen molar-refractivity contribution < 1.29 is 27.5 Å². The molecule has 0 saturated heterocycles. The average molecular weight is 316 g/mol. The van der Waals surface area contributed by atoms with E-state index in [1.165, 1.54) is 12.1 Å². The second kappa shape index (κ2) is 5.65. The highest BCUT2D eigenvalue weighted by atomic mass is 35.5. The Hall–Kier alpha value is -2.21. The van der Waals surface area contributed by atoms with Crippen molar-refractivity contribution >= 4 is 23.6 Å². The van der Waals surface area contributed by atoms with E-state index in [2.05, 4.69) is 0 Å². The van der Waals surface area contributed by atoms with Gasteiger partial charge in [0.05, 0.1) is 16.6 Å². The zero-order chi connectivity index (χ0) is 15.6. The van der Waals surface area contributed by atoms with Gasteiger partial charge in [-0.05, 0) is 42.5 Å². The highest BCUT2D eigenvalue weighted by molar-refractivity contribution is 6.33. The van der Waals surface area contributed by atoms with Gasteiger partial charge >= 0.3 is 6.18 Å². The molecular formula is C14H7ClF3O3-. The number of hydrogen-bond acceptors (Lipinski definition) is 3. The van der Waals surface area contributed by atoms with Gasteiger partial charge < -0.3 is 14.3 Å². The Labute approximate surface area is 122 Å². The van der Waals surface area contributed by atoms with Gasteiger partial charge in [0.25, 0.3) is 0 Å². The lowest BCUT2D eigenvalue weighted by Crippen LogP contribution is -2.18. The van der Waals surface area contributed by atoms with Crippen LogP contribution >= 0.6 is 11.6 Å². The quantitative estimate of drug-likeness (QED) is 0.816. The van der Waals surface area contributed by atoms with E-state index in [-0.39, 0.29) is 22.1 Å². The predicted molar refractivity (Wildman–Crippen MR) is 68.2 cm³/mol. The smallest absolute Gasteiger partial charge is 0.416 e. The lowest BCUT2D eigenvalue weighted by molar-refractivity contribution is -0.297. The van der Waals surface area contributed by atoms with E-state index in [4.69, 9.17) is 16.0 Å². The fourth-order valence-electron chi connectivity index (χ4n) is 1.63. The number of rotatable bonds is 3. The predicted octanol–water partition coefficient (Wildman–Crippen LogP) is 3.38. The van der Waals surface area contributed by atoms with Crippen LogP contribution in [0.3, 0.4) is 0 Å².